The van der Waals surface area contributed by atoms with Gasteiger partial charge in [0.25, 0.3) is 5.91 Å². The van der Waals surface area contributed by atoms with Crippen molar-refractivity contribution in [2.45, 2.75) is 25.7 Å². The van der Waals surface area contributed by atoms with Crippen molar-refractivity contribution in [2.75, 3.05) is 12.3 Å². The Morgan fingerprint density at radius 3 is 2.52 bits per heavy atom. The minimum atomic E-state index is -0.0506. The molecule has 0 fully saturated rings. The fraction of sp³-hybridized carbons (Fsp3) is 0.278. The molecule has 21 heavy (non-hydrogen) atoms. The van der Waals surface area contributed by atoms with Gasteiger partial charge in [0.2, 0.25) is 0 Å². The Balaban J connectivity index is 1.60. The highest BCUT2D eigenvalue weighted by Crippen LogP contribution is 2.07. The monoisotopic (exact) mass is 282 g/mol. The Morgan fingerprint density at radius 1 is 0.952 bits per heavy atom. The maximum Gasteiger partial charge on any atom is 0.251 e. The summed E-state index contributed by atoms with van der Waals surface area (Å²) in [5, 5.41) is 2.93. The molecular formula is C18H22N2O. The second kappa shape index (κ2) is 8.10. The summed E-state index contributed by atoms with van der Waals surface area (Å²) >= 11 is 0. The van der Waals surface area contributed by atoms with E-state index in [1.807, 2.05) is 6.07 Å². The number of rotatable bonds is 7. The number of hydrogen-bond donors (Lipinski definition) is 2. The molecule has 0 saturated heterocycles. The number of amides is 1. The van der Waals surface area contributed by atoms with E-state index < -0.39 is 0 Å². The normalized spacial score (nSPS) is 10.3. The third kappa shape index (κ3) is 5.30. The molecule has 0 aliphatic heterocycles. The molecule has 0 radical (unpaired) electrons. The first kappa shape index (κ1) is 15.1. The number of anilines is 1. The summed E-state index contributed by atoms with van der Waals surface area (Å²) in [4.78, 5) is 11.9. The molecule has 1 amide bonds. The van der Waals surface area contributed by atoms with E-state index in [9.17, 15) is 4.79 Å². The first-order chi connectivity index (χ1) is 10.3. The lowest BCUT2D eigenvalue weighted by molar-refractivity contribution is 0.0953. The van der Waals surface area contributed by atoms with Crippen LogP contribution in [0.15, 0.2) is 54.6 Å². The van der Waals surface area contributed by atoms with Gasteiger partial charge in [0, 0.05) is 17.8 Å². The van der Waals surface area contributed by atoms with Gasteiger partial charge in [-0.05, 0) is 43.0 Å². The molecule has 3 nitrogen and oxygen atoms in total. The lowest BCUT2D eigenvalue weighted by atomic mass is 10.1. The molecule has 0 saturated carbocycles. The van der Waals surface area contributed by atoms with Crippen LogP contribution in [0.1, 0.15) is 35.2 Å². The van der Waals surface area contributed by atoms with Crippen molar-refractivity contribution in [2.24, 2.45) is 0 Å². The van der Waals surface area contributed by atoms with Crippen LogP contribution in [-0.4, -0.2) is 12.5 Å². The Morgan fingerprint density at radius 2 is 1.76 bits per heavy atom. The molecule has 3 N–H and O–H groups in total. The van der Waals surface area contributed by atoms with E-state index in [4.69, 9.17) is 5.73 Å². The van der Waals surface area contributed by atoms with Crippen molar-refractivity contribution in [3.63, 3.8) is 0 Å². The highest BCUT2D eigenvalue weighted by Gasteiger charge is 2.04. The highest BCUT2D eigenvalue weighted by atomic mass is 16.1. The number of nitrogens with two attached hydrogens (primary N) is 1. The number of hydrogen-bond acceptors (Lipinski definition) is 2. The van der Waals surface area contributed by atoms with Crippen LogP contribution in [-0.2, 0) is 6.42 Å². The second-order valence-electron chi connectivity index (χ2n) is 5.18. The summed E-state index contributed by atoms with van der Waals surface area (Å²) < 4.78 is 0. The van der Waals surface area contributed by atoms with E-state index >= 15 is 0 Å². The largest absolute Gasteiger partial charge is 0.399 e. The lowest BCUT2D eigenvalue weighted by Gasteiger charge is -2.06. The minimum absolute atomic E-state index is 0.0506. The van der Waals surface area contributed by atoms with Crippen molar-refractivity contribution in [1.82, 2.24) is 5.32 Å². The Bertz CT molecular complexity index is 566. The van der Waals surface area contributed by atoms with Crippen LogP contribution in [0, 0.1) is 0 Å². The average molecular weight is 282 g/mol. The van der Waals surface area contributed by atoms with E-state index in [1.165, 1.54) is 5.56 Å². The standard InChI is InChI=1S/C18H22N2O/c19-17-12-7-11-16(14-17)18(21)20-13-6-2-5-10-15-8-3-1-4-9-15/h1,3-4,7-9,11-12,14H,2,5-6,10,13,19H2,(H,20,21). The highest BCUT2D eigenvalue weighted by molar-refractivity contribution is 5.94. The van der Waals surface area contributed by atoms with Crippen LogP contribution in [0.25, 0.3) is 0 Å². The number of nitrogens with one attached hydrogen (secondary N) is 1. The zero-order chi connectivity index (χ0) is 14.9. The fourth-order valence-electron chi connectivity index (χ4n) is 2.26. The molecule has 0 aliphatic carbocycles. The predicted molar refractivity (Wildman–Crippen MR) is 87.2 cm³/mol. The van der Waals surface area contributed by atoms with Crippen LogP contribution in [0.4, 0.5) is 5.69 Å². The molecule has 0 aromatic heterocycles. The van der Waals surface area contributed by atoms with Gasteiger partial charge in [0.05, 0.1) is 0 Å². The summed E-state index contributed by atoms with van der Waals surface area (Å²) in [7, 11) is 0. The van der Waals surface area contributed by atoms with E-state index in [2.05, 4.69) is 29.6 Å². The minimum Gasteiger partial charge on any atom is -0.399 e. The Labute approximate surface area is 126 Å². The molecule has 2 aromatic rings. The summed E-state index contributed by atoms with van der Waals surface area (Å²) in [6.45, 7) is 0.711. The van der Waals surface area contributed by atoms with Gasteiger partial charge in [-0.1, -0.05) is 42.8 Å². The molecule has 0 atom stereocenters. The predicted octanol–water partition coefficient (Wildman–Crippen LogP) is 3.41. The average Bonchev–Trinajstić information content (AvgIpc) is 2.51. The molecule has 0 bridgehead atoms. The number of unbranched alkanes of at least 4 members (excludes halogenated alkanes) is 2. The van der Waals surface area contributed by atoms with E-state index in [0.717, 1.165) is 25.7 Å². The lowest BCUT2D eigenvalue weighted by Crippen LogP contribution is -2.24. The molecule has 110 valence electrons. The van der Waals surface area contributed by atoms with Crippen molar-refractivity contribution in [3.8, 4) is 0 Å². The summed E-state index contributed by atoms with van der Waals surface area (Å²) in [6, 6.07) is 17.5. The number of carbonyl (C=O) groups is 1. The first-order valence-corrected chi connectivity index (χ1v) is 7.43. The van der Waals surface area contributed by atoms with Crippen molar-refractivity contribution >= 4 is 11.6 Å². The summed E-state index contributed by atoms with van der Waals surface area (Å²) in [5.41, 5.74) is 8.28. The molecule has 3 heteroatoms. The number of carbonyl (C=O) groups excluding carboxylic acids is 1. The molecule has 0 aliphatic rings. The third-order valence-corrected chi connectivity index (χ3v) is 3.42. The van der Waals surface area contributed by atoms with Crippen LogP contribution >= 0.6 is 0 Å². The Kier molecular flexibility index (Phi) is 5.83. The second-order valence-corrected chi connectivity index (χ2v) is 5.18. The van der Waals surface area contributed by atoms with Gasteiger partial charge < -0.3 is 11.1 Å². The maximum atomic E-state index is 11.9. The van der Waals surface area contributed by atoms with Crippen molar-refractivity contribution < 1.29 is 4.79 Å². The maximum absolute atomic E-state index is 11.9. The number of nitrogen functional groups attached to an aromatic ring is 1. The van der Waals surface area contributed by atoms with Gasteiger partial charge in [0.1, 0.15) is 0 Å². The smallest absolute Gasteiger partial charge is 0.251 e. The Hall–Kier alpha value is -2.29. The molecule has 2 rings (SSSR count). The zero-order valence-corrected chi connectivity index (χ0v) is 12.2. The molecular weight excluding hydrogens is 260 g/mol. The van der Waals surface area contributed by atoms with Crippen LogP contribution in [0.5, 0.6) is 0 Å². The van der Waals surface area contributed by atoms with Crippen LogP contribution < -0.4 is 11.1 Å². The van der Waals surface area contributed by atoms with Gasteiger partial charge in [-0.2, -0.15) is 0 Å². The van der Waals surface area contributed by atoms with Crippen molar-refractivity contribution in [3.05, 3.63) is 65.7 Å². The quantitative estimate of drug-likeness (QED) is 0.604. The molecule has 0 unspecified atom stereocenters. The third-order valence-electron chi connectivity index (χ3n) is 3.42. The molecule has 2 aromatic carbocycles. The SMILES string of the molecule is Nc1cccc(C(=O)NCCCCCc2ccccc2)c1. The van der Waals surface area contributed by atoms with Gasteiger partial charge >= 0.3 is 0 Å². The first-order valence-electron chi connectivity index (χ1n) is 7.43. The topological polar surface area (TPSA) is 55.1 Å². The zero-order valence-electron chi connectivity index (χ0n) is 12.2. The van der Waals surface area contributed by atoms with Gasteiger partial charge in [-0.15, -0.1) is 0 Å². The van der Waals surface area contributed by atoms with Gasteiger partial charge in [-0.3, -0.25) is 4.79 Å². The molecule has 0 spiro atoms. The van der Waals surface area contributed by atoms with Crippen LogP contribution in [0.2, 0.25) is 0 Å². The summed E-state index contributed by atoms with van der Waals surface area (Å²) in [6.07, 6.45) is 4.37. The van der Waals surface area contributed by atoms with E-state index in [1.54, 1.807) is 24.3 Å². The van der Waals surface area contributed by atoms with E-state index in [0.29, 0.717) is 17.8 Å². The molecule has 0 heterocycles. The van der Waals surface area contributed by atoms with Crippen LogP contribution in [0.3, 0.4) is 0 Å². The van der Waals surface area contributed by atoms with Crippen molar-refractivity contribution in [1.29, 1.82) is 0 Å². The van der Waals surface area contributed by atoms with E-state index in [-0.39, 0.29) is 5.91 Å². The number of benzene rings is 2. The van der Waals surface area contributed by atoms with Gasteiger partial charge in [-0.25, -0.2) is 0 Å². The fourth-order valence-corrected chi connectivity index (χ4v) is 2.26. The summed E-state index contributed by atoms with van der Waals surface area (Å²) in [5.74, 6) is -0.0506. The number of aryl methyl sites for hydroxylation is 1. The van der Waals surface area contributed by atoms with Gasteiger partial charge in [0.15, 0.2) is 0 Å².